The van der Waals surface area contributed by atoms with E-state index in [0.29, 0.717) is 12.1 Å². The minimum atomic E-state index is -0.774. The number of benzene rings is 2. The lowest BCUT2D eigenvalue weighted by molar-refractivity contribution is 0.00227. The number of thioether (sulfide) groups is 1. The molecule has 2 aromatic rings. The molecule has 0 spiro atoms. The summed E-state index contributed by atoms with van der Waals surface area (Å²) in [6, 6.07) is 18.3. The topological polar surface area (TPSA) is 55.8 Å². The Balaban J connectivity index is 1.55. The summed E-state index contributed by atoms with van der Waals surface area (Å²) in [6.45, 7) is 0.679. The van der Waals surface area contributed by atoms with Gasteiger partial charge in [-0.1, -0.05) is 60.3 Å². The van der Waals surface area contributed by atoms with Crippen LogP contribution in [-0.4, -0.2) is 34.8 Å². The number of nitrogens with zero attached hydrogens (tertiary/aromatic N) is 1. The molecule has 124 valence electrons. The standard InChI is InChI=1S/C18H17NO4S/c20-16(15-9-5-2-6-10-15)19-11-12-24-17(19)23-18(21)22-13-14-7-3-1-4-8-14/h1-10,17H,11-13H2. The van der Waals surface area contributed by atoms with Gasteiger partial charge in [0.25, 0.3) is 5.91 Å². The molecule has 1 aliphatic rings. The number of ether oxygens (including phenoxy) is 2. The molecule has 24 heavy (non-hydrogen) atoms. The summed E-state index contributed by atoms with van der Waals surface area (Å²) >= 11 is 1.41. The molecule has 6 heteroatoms. The van der Waals surface area contributed by atoms with E-state index in [1.165, 1.54) is 11.8 Å². The first kappa shape index (κ1) is 16.4. The normalized spacial score (nSPS) is 16.7. The monoisotopic (exact) mass is 343 g/mol. The lowest BCUT2D eigenvalue weighted by atomic mass is 10.2. The zero-order valence-corrected chi connectivity index (χ0v) is 13.8. The van der Waals surface area contributed by atoms with Crippen LogP contribution in [0.5, 0.6) is 0 Å². The van der Waals surface area contributed by atoms with Crippen LogP contribution in [0.15, 0.2) is 60.7 Å². The van der Waals surface area contributed by atoms with Crippen molar-refractivity contribution in [1.82, 2.24) is 4.90 Å². The van der Waals surface area contributed by atoms with Gasteiger partial charge in [-0.3, -0.25) is 9.69 Å². The molecule has 1 amide bonds. The highest BCUT2D eigenvalue weighted by Gasteiger charge is 2.33. The van der Waals surface area contributed by atoms with Crippen molar-refractivity contribution < 1.29 is 19.1 Å². The average molecular weight is 343 g/mol. The number of hydrogen-bond acceptors (Lipinski definition) is 5. The molecule has 3 rings (SSSR count). The molecule has 1 atom stereocenters. The van der Waals surface area contributed by atoms with Crippen LogP contribution in [-0.2, 0) is 16.1 Å². The maximum Gasteiger partial charge on any atom is 0.511 e. The van der Waals surface area contributed by atoms with E-state index in [4.69, 9.17) is 9.47 Å². The maximum atomic E-state index is 12.5. The third-order valence-electron chi connectivity index (χ3n) is 3.53. The SMILES string of the molecule is O=C(OCc1ccccc1)OC1SCCN1C(=O)c1ccccc1. The molecule has 0 aliphatic carbocycles. The number of amides is 1. The summed E-state index contributed by atoms with van der Waals surface area (Å²) in [6.07, 6.45) is -0.774. The van der Waals surface area contributed by atoms with Gasteiger partial charge in [0.15, 0.2) is 0 Å². The molecular weight excluding hydrogens is 326 g/mol. The second kappa shape index (κ2) is 7.88. The van der Waals surface area contributed by atoms with E-state index in [1.54, 1.807) is 29.2 Å². The van der Waals surface area contributed by atoms with Crippen LogP contribution in [0.3, 0.4) is 0 Å². The molecule has 0 N–H and O–H groups in total. The molecule has 0 radical (unpaired) electrons. The smallest absolute Gasteiger partial charge is 0.429 e. The van der Waals surface area contributed by atoms with Gasteiger partial charge in [0.1, 0.15) is 6.61 Å². The summed E-state index contributed by atoms with van der Waals surface area (Å²) in [5, 5.41) is 0. The number of carbonyl (C=O) groups excluding carboxylic acids is 2. The van der Waals surface area contributed by atoms with Gasteiger partial charge in [0.05, 0.1) is 0 Å². The zero-order valence-electron chi connectivity index (χ0n) is 13.0. The summed E-state index contributed by atoms with van der Waals surface area (Å²) in [5.41, 5.74) is 0.804. The van der Waals surface area contributed by atoms with Crippen LogP contribution < -0.4 is 0 Å². The Hall–Kier alpha value is -2.47. The van der Waals surface area contributed by atoms with Gasteiger partial charge in [-0.2, -0.15) is 0 Å². The second-order valence-electron chi connectivity index (χ2n) is 5.18. The third kappa shape index (κ3) is 4.08. The van der Waals surface area contributed by atoms with Gasteiger partial charge in [-0.05, 0) is 17.7 Å². The first-order valence-corrected chi connectivity index (χ1v) is 8.64. The highest BCUT2D eigenvalue weighted by atomic mass is 32.2. The minimum Gasteiger partial charge on any atom is -0.429 e. The zero-order chi connectivity index (χ0) is 16.8. The summed E-state index contributed by atoms with van der Waals surface area (Å²) < 4.78 is 10.4. The van der Waals surface area contributed by atoms with Gasteiger partial charge < -0.3 is 9.47 Å². The largest absolute Gasteiger partial charge is 0.511 e. The van der Waals surface area contributed by atoms with E-state index >= 15 is 0 Å². The van der Waals surface area contributed by atoms with Crippen molar-refractivity contribution in [1.29, 1.82) is 0 Å². The van der Waals surface area contributed by atoms with Crippen molar-refractivity contribution in [3.05, 3.63) is 71.8 Å². The first-order chi connectivity index (χ1) is 11.7. The van der Waals surface area contributed by atoms with Crippen molar-refractivity contribution in [3.63, 3.8) is 0 Å². The lowest BCUT2D eigenvalue weighted by Gasteiger charge is -2.23. The molecule has 1 unspecified atom stereocenters. The van der Waals surface area contributed by atoms with Gasteiger partial charge in [0, 0.05) is 17.9 Å². The molecule has 0 aromatic heterocycles. The number of hydrogen-bond donors (Lipinski definition) is 0. The summed E-state index contributed by atoms with van der Waals surface area (Å²) in [5.74, 6) is 0.566. The third-order valence-corrected chi connectivity index (χ3v) is 4.58. The fourth-order valence-corrected chi connectivity index (χ4v) is 3.35. The van der Waals surface area contributed by atoms with Crippen LogP contribution in [0.2, 0.25) is 0 Å². The Morgan fingerprint density at radius 1 is 1.04 bits per heavy atom. The van der Waals surface area contributed by atoms with Crippen LogP contribution in [0.25, 0.3) is 0 Å². The van der Waals surface area contributed by atoms with E-state index in [-0.39, 0.29) is 12.5 Å². The van der Waals surface area contributed by atoms with E-state index in [2.05, 4.69) is 0 Å². The Bertz CT molecular complexity index is 693. The first-order valence-electron chi connectivity index (χ1n) is 7.59. The predicted molar refractivity (Wildman–Crippen MR) is 91.4 cm³/mol. The second-order valence-corrected chi connectivity index (χ2v) is 6.33. The van der Waals surface area contributed by atoms with Crippen molar-refractivity contribution >= 4 is 23.8 Å². The van der Waals surface area contributed by atoms with Crippen LogP contribution >= 0.6 is 11.8 Å². The van der Waals surface area contributed by atoms with Crippen molar-refractivity contribution in [3.8, 4) is 0 Å². The molecule has 0 saturated carbocycles. The lowest BCUT2D eigenvalue weighted by Crippen LogP contribution is -2.37. The molecular formula is C18H17NO4S. The predicted octanol–water partition coefficient (Wildman–Crippen LogP) is 3.51. The number of carbonyl (C=O) groups is 2. The van der Waals surface area contributed by atoms with Crippen molar-refractivity contribution in [2.75, 3.05) is 12.3 Å². The fraction of sp³-hybridized carbons (Fsp3) is 0.222. The van der Waals surface area contributed by atoms with Gasteiger partial charge >= 0.3 is 6.16 Å². The Morgan fingerprint density at radius 2 is 1.71 bits per heavy atom. The van der Waals surface area contributed by atoms with Crippen molar-refractivity contribution in [2.24, 2.45) is 0 Å². The summed E-state index contributed by atoms with van der Waals surface area (Å²) in [7, 11) is 0. The van der Waals surface area contributed by atoms with E-state index < -0.39 is 11.7 Å². The highest BCUT2D eigenvalue weighted by Crippen LogP contribution is 2.27. The van der Waals surface area contributed by atoms with Crippen molar-refractivity contribution in [2.45, 2.75) is 12.2 Å². The molecule has 0 bridgehead atoms. The summed E-state index contributed by atoms with van der Waals surface area (Å²) in [4.78, 5) is 25.9. The number of rotatable bonds is 4. The molecule has 2 aromatic carbocycles. The van der Waals surface area contributed by atoms with Crippen LogP contribution in [0, 0.1) is 0 Å². The quantitative estimate of drug-likeness (QED) is 0.795. The fourth-order valence-electron chi connectivity index (χ4n) is 2.32. The Morgan fingerprint density at radius 3 is 2.42 bits per heavy atom. The molecule has 1 heterocycles. The van der Waals surface area contributed by atoms with Crippen LogP contribution in [0.1, 0.15) is 15.9 Å². The molecule has 1 saturated heterocycles. The molecule has 1 aliphatic heterocycles. The van der Waals surface area contributed by atoms with Gasteiger partial charge in [-0.25, -0.2) is 4.79 Å². The van der Waals surface area contributed by atoms with E-state index in [1.807, 2.05) is 36.4 Å². The molecule has 5 nitrogen and oxygen atoms in total. The van der Waals surface area contributed by atoms with E-state index in [0.717, 1.165) is 11.3 Å². The van der Waals surface area contributed by atoms with Gasteiger partial charge in [-0.15, -0.1) is 0 Å². The maximum absolute atomic E-state index is 12.5. The van der Waals surface area contributed by atoms with Gasteiger partial charge in [0.2, 0.25) is 5.56 Å². The van der Waals surface area contributed by atoms with E-state index in [9.17, 15) is 9.59 Å². The highest BCUT2D eigenvalue weighted by molar-refractivity contribution is 8.00. The Labute approximate surface area is 144 Å². The average Bonchev–Trinajstić information content (AvgIpc) is 3.09. The minimum absolute atomic E-state index is 0.143. The Kier molecular flexibility index (Phi) is 5.38. The van der Waals surface area contributed by atoms with Crippen LogP contribution in [0.4, 0.5) is 4.79 Å². The molecule has 1 fully saturated rings.